The summed E-state index contributed by atoms with van der Waals surface area (Å²) in [5.74, 6) is -3.60. The smallest absolute Gasteiger partial charge is 0.315 e. The predicted molar refractivity (Wildman–Crippen MR) is 280 cm³/mol. The van der Waals surface area contributed by atoms with E-state index >= 15 is 4.79 Å². The van der Waals surface area contributed by atoms with Crippen LogP contribution in [0.3, 0.4) is 0 Å². The number of hydrogen-bond donors (Lipinski definition) is 12. The average molecular weight is 1190 g/mol. The van der Waals surface area contributed by atoms with Crippen molar-refractivity contribution in [1.29, 1.82) is 0 Å². The van der Waals surface area contributed by atoms with Crippen LogP contribution in [0.2, 0.25) is 0 Å². The molecule has 5 aliphatic carbocycles. The molecule has 83 heavy (non-hydrogen) atoms. The van der Waals surface area contributed by atoms with Crippen molar-refractivity contribution in [2.45, 2.75) is 254 Å². The zero-order valence-electron chi connectivity index (χ0n) is 48.6. The van der Waals surface area contributed by atoms with Gasteiger partial charge in [0, 0.05) is 5.41 Å². The van der Waals surface area contributed by atoms with Crippen LogP contribution in [0.4, 0.5) is 0 Å². The van der Waals surface area contributed by atoms with E-state index in [-0.39, 0.29) is 29.6 Å². The summed E-state index contributed by atoms with van der Waals surface area (Å²) in [4.78, 5) is 42.0. The quantitative estimate of drug-likeness (QED) is 0.0673. The van der Waals surface area contributed by atoms with Crippen molar-refractivity contribution >= 4 is 17.9 Å². The number of aliphatic hydroxyl groups excluding tert-OH is 11. The molecule has 12 bridgehead atoms. The minimum absolute atomic E-state index is 0.0735. The molecule has 0 aromatic heterocycles. The van der Waals surface area contributed by atoms with Crippen LogP contribution < -0.4 is 0 Å². The molecule has 7 saturated heterocycles. The molecular weight excluding hydrogens is 1100 g/mol. The van der Waals surface area contributed by atoms with Crippen molar-refractivity contribution in [3.63, 3.8) is 0 Å². The highest BCUT2D eigenvalue weighted by molar-refractivity contribution is 5.79. The normalized spacial score (nSPS) is 54.3. The van der Waals surface area contributed by atoms with E-state index in [9.17, 15) is 70.9 Å². The molecule has 0 unspecified atom stereocenters. The molecule has 11 fully saturated rings. The molecule has 1 spiro atoms. The summed E-state index contributed by atoms with van der Waals surface area (Å²) in [5.41, 5.74) is -5.08. The van der Waals surface area contributed by atoms with Crippen LogP contribution in [0.15, 0.2) is 11.6 Å². The van der Waals surface area contributed by atoms with Gasteiger partial charge in [0.15, 0.2) is 37.2 Å². The summed E-state index contributed by atoms with van der Waals surface area (Å²) < 4.78 is 59.8. The highest BCUT2D eigenvalue weighted by Gasteiger charge is 2.72. The van der Waals surface area contributed by atoms with E-state index in [1.807, 2.05) is 6.92 Å². The third-order valence-electron chi connectivity index (χ3n) is 22.2. The molecule has 4 saturated carbocycles. The van der Waals surface area contributed by atoms with Gasteiger partial charge in [0.1, 0.15) is 61.0 Å². The number of carbonyl (C=O) groups excluding carboxylic acids is 3. The Kier molecular flexibility index (Phi) is 17.4. The Bertz CT molecular complexity index is 2430. The summed E-state index contributed by atoms with van der Waals surface area (Å²) >= 11 is 0. The average Bonchev–Trinajstić information content (AvgIpc) is 0.902. The number of carbonyl (C=O) groups is 3. The zero-order chi connectivity index (χ0) is 60.5. The second kappa shape index (κ2) is 22.8. The first-order valence-corrected chi connectivity index (χ1v) is 29.7. The molecule has 12 heterocycles. The molecule has 25 heteroatoms. The van der Waals surface area contributed by atoms with Gasteiger partial charge in [-0.3, -0.25) is 14.4 Å². The Morgan fingerprint density at radius 1 is 0.578 bits per heavy atom. The van der Waals surface area contributed by atoms with Gasteiger partial charge in [-0.1, -0.05) is 53.2 Å². The number of ether oxygens (including phenoxy) is 10. The first-order valence-electron chi connectivity index (χ1n) is 29.7. The maximum Gasteiger partial charge on any atom is 0.315 e. The van der Waals surface area contributed by atoms with Crippen LogP contribution in [0.5, 0.6) is 0 Å². The largest absolute Gasteiger partial charge is 0.457 e. The van der Waals surface area contributed by atoms with Crippen LogP contribution in [0.25, 0.3) is 0 Å². The van der Waals surface area contributed by atoms with Gasteiger partial charge < -0.3 is 109 Å². The third kappa shape index (κ3) is 10.7. The van der Waals surface area contributed by atoms with Gasteiger partial charge in [-0.2, -0.15) is 0 Å². The van der Waals surface area contributed by atoms with Crippen molar-refractivity contribution in [2.24, 2.45) is 50.2 Å². The Hall–Kier alpha value is -2.61. The molecule has 29 atom stereocenters. The summed E-state index contributed by atoms with van der Waals surface area (Å²) in [5, 5.41) is 136. The van der Waals surface area contributed by atoms with E-state index < -0.39 is 213 Å². The van der Waals surface area contributed by atoms with Crippen molar-refractivity contribution in [3.05, 3.63) is 11.6 Å². The molecule has 25 nitrogen and oxygen atoms in total. The minimum Gasteiger partial charge on any atom is -0.457 e. The molecule has 12 N–H and O–H groups in total. The van der Waals surface area contributed by atoms with Gasteiger partial charge in [-0.05, 0) is 111 Å². The fraction of sp³-hybridized carbons (Fsp3) is 0.914. The van der Waals surface area contributed by atoms with Gasteiger partial charge in [0.05, 0.1) is 68.6 Å². The minimum atomic E-state index is -2.19. The second-order valence-electron chi connectivity index (χ2n) is 28.1. The van der Waals surface area contributed by atoms with Crippen molar-refractivity contribution in [2.75, 3.05) is 26.4 Å². The van der Waals surface area contributed by atoms with Crippen LogP contribution in [0.1, 0.15) is 126 Å². The Morgan fingerprint density at radius 2 is 1.20 bits per heavy atom. The van der Waals surface area contributed by atoms with Gasteiger partial charge >= 0.3 is 17.9 Å². The molecule has 472 valence electrons. The first-order chi connectivity index (χ1) is 38.8. The lowest BCUT2D eigenvalue weighted by Gasteiger charge is -2.72. The lowest BCUT2D eigenvalue weighted by Crippen LogP contribution is -2.70. The van der Waals surface area contributed by atoms with E-state index in [4.69, 9.17) is 47.4 Å². The third-order valence-corrected chi connectivity index (χ3v) is 22.2. The standard InChI is InChI=1S/C58H90O25/c1-25-43-40(69)42(71)48(76-25)81-44-36(65)29(62)22-74-49(44)83-51(72)58-15-13-52(2,3)17-27(58)26-9-10-33-54(5)18-28(61)46(55(6,24-60)32(54)11-12-57(33,8)56(26,7)14-16-58)82-50-45(39(68)37(66)30(21-59)78-50)80-47-41(70)38(67)31(23-75-47)77-34(63)19-53(4,73)20-35(64)79-43/h9,25,27-33,36-50,59-62,65-71,73H,10-24H2,1-8H3/t25-,27-,28-,29-,30+,31-,32+,33+,36-,37+,38-,39-,40-,41+,42+,43-,44+,45+,46-,47-,48-,49-,50-,53-,54-,55-,56+,57+,58-/m0/s1. The molecule has 0 radical (unpaired) electrons. The predicted octanol–water partition coefficient (Wildman–Crippen LogP) is -1.14. The lowest BCUT2D eigenvalue weighted by atomic mass is 9.33. The van der Waals surface area contributed by atoms with E-state index in [1.54, 1.807) is 0 Å². The summed E-state index contributed by atoms with van der Waals surface area (Å²) in [6.07, 6.45) is -28.1. The van der Waals surface area contributed by atoms with Gasteiger partial charge in [0.2, 0.25) is 6.29 Å². The molecule has 12 aliphatic heterocycles. The number of rotatable bonds is 2. The summed E-state index contributed by atoms with van der Waals surface area (Å²) in [6, 6.07) is 0. The van der Waals surface area contributed by atoms with Crippen molar-refractivity contribution in [3.8, 4) is 0 Å². The van der Waals surface area contributed by atoms with Gasteiger partial charge in [0.25, 0.3) is 0 Å². The Morgan fingerprint density at radius 3 is 1.89 bits per heavy atom. The SMILES string of the molecule is C[C@@H]1O[C@H]2O[C@H]3[C@@H](OC[C@H](O)[C@@H]3O)OC(=O)[C@]34CCC(C)(C)C[C@H]3C3=CC[C@@H]5[C@@]6(C)C[C@H](O)[C@H](O[C@@H]7O[C@H](CO)[C@@H](O)[C@H](O)[C@H]7O[C@@H]7OC[C@H](OC(=O)C[C@](C)(O)CC(=O)O[C@@H]1[C@@H](O)[C@H]2O)[C@H](O)[C@H]7O)[C@@](C)(CO)[C@@H]6CC[C@@]5(C)[C@]3(C)CC4. The topological polar surface area (TPSA) is 386 Å². The number of aliphatic hydroxyl groups is 12. The van der Waals surface area contributed by atoms with Crippen molar-refractivity contribution < 1.29 is 123 Å². The lowest BCUT2D eigenvalue weighted by molar-refractivity contribution is -0.377. The van der Waals surface area contributed by atoms with Crippen LogP contribution >= 0.6 is 0 Å². The van der Waals surface area contributed by atoms with Crippen LogP contribution in [-0.4, -0.2) is 234 Å². The molecule has 0 aromatic rings. The maximum atomic E-state index is 15.4. The Balaban J connectivity index is 0.999. The Labute approximate surface area is 482 Å². The molecule has 0 aromatic carbocycles. The maximum absolute atomic E-state index is 15.4. The van der Waals surface area contributed by atoms with Gasteiger partial charge in [-0.25, -0.2) is 0 Å². The number of esters is 3. The highest BCUT2D eigenvalue weighted by Crippen LogP contribution is 2.76. The number of hydrogen-bond acceptors (Lipinski definition) is 25. The van der Waals surface area contributed by atoms with E-state index in [0.29, 0.717) is 51.4 Å². The van der Waals surface area contributed by atoms with E-state index in [1.165, 1.54) is 6.92 Å². The molecular formula is C58H90O25. The van der Waals surface area contributed by atoms with E-state index in [2.05, 4.69) is 40.7 Å². The second-order valence-corrected chi connectivity index (χ2v) is 28.1. The fourth-order valence-corrected chi connectivity index (χ4v) is 17.3. The number of allylic oxidation sites excluding steroid dienone is 2. The van der Waals surface area contributed by atoms with Crippen LogP contribution in [0, 0.1) is 50.2 Å². The zero-order valence-corrected chi connectivity index (χ0v) is 48.6. The molecule has 17 rings (SSSR count). The van der Waals surface area contributed by atoms with Crippen LogP contribution in [-0.2, 0) is 61.8 Å². The van der Waals surface area contributed by atoms with Gasteiger partial charge in [-0.15, -0.1) is 0 Å². The summed E-state index contributed by atoms with van der Waals surface area (Å²) in [6.45, 7) is 13.1. The monoisotopic (exact) mass is 1190 g/mol. The van der Waals surface area contributed by atoms with E-state index in [0.717, 1.165) is 12.5 Å². The first kappa shape index (κ1) is 63.4. The van der Waals surface area contributed by atoms with Crippen molar-refractivity contribution in [1.82, 2.24) is 0 Å². The molecule has 0 amide bonds. The summed E-state index contributed by atoms with van der Waals surface area (Å²) in [7, 11) is 0. The fourth-order valence-electron chi connectivity index (χ4n) is 17.3. The molecule has 17 aliphatic rings. The highest BCUT2D eigenvalue weighted by atomic mass is 16.8.